The molecule has 0 saturated carbocycles. The Bertz CT molecular complexity index is 520. The van der Waals surface area contributed by atoms with Crippen molar-refractivity contribution in [2.75, 3.05) is 44.4 Å². The monoisotopic (exact) mass is 322 g/mol. The summed E-state index contributed by atoms with van der Waals surface area (Å²) in [4.78, 5) is 4.40. The summed E-state index contributed by atoms with van der Waals surface area (Å²) >= 11 is 0. The van der Waals surface area contributed by atoms with Crippen LogP contribution in [0.15, 0.2) is 18.2 Å². The molecule has 23 heavy (non-hydrogen) atoms. The van der Waals surface area contributed by atoms with Gasteiger partial charge in [0.2, 0.25) is 0 Å². The fourth-order valence-electron chi connectivity index (χ4n) is 3.58. The third-order valence-electron chi connectivity index (χ3n) is 5.12. The molecule has 0 aliphatic carbocycles. The van der Waals surface area contributed by atoms with Gasteiger partial charge in [0.05, 0.1) is 18.9 Å². The summed E-state index contributed by atoms with van der Waals surface area (Å²) in [5.41, 5.74) is 1.68. The zero-order valence-corrected chi connectivity index (χ0v) is 13.9. The highest BCUT2D eigenvalue weighted by molar-refractivity contribution is 5.49. The first-order chi connectivity index (χ1) is 11.2. The lowest BCUT2D eigenvalue weighted by atomic mass is 9.93. The number of nitrogens with zero attached hydrogens (tertiary/aromatic N) is 2. The van der Waals surface area contributed by atoms with Crippen molar-refractivity contribution in [1.29, 1.82) is 0 Å². The molecule has 2 fully saturated rings. The first-order valence-electron chi connectivity index (χ1n) is 8.63. The number of hydrogen-bond donors (Lipinski definition) is 1. The Morgan fingerprint density at radius 2 is 2.04 bits per heavy atom. The van der Waals surface area contributed by atoms with Gasteiger partial charge in [-0.3, -0.25) is 4.90 Å². The molecule has 1 aromatic carbocycles. The quantitative estimate of drug-likeness (QED) is 0.922. The molecule has 128 valence electrons. The average Bonchev–Trinajstić information content (AvgIpc) is 2.58. The first-order valence-corrected chi connectivity index (χ1v) is 8.63. The Balaban J connectivity index is 1.67. The highest BCUT2D eigenvalue weighted by Gasteiger charge is 2.25. The largest absolute Gasteiger partial charge is 0.396 e. The van der Waals surface area contributed by atoms with Gasteiger partial charge in [0.15, 0.2) is 0 Å². The molecule has 2 unspecified atom stereocenters. The van der Waals surface area contributed by atoms with Crippen LogP contribution >= 0.6 is 0 Å². The summed E-state index contributed by atoms with van der Waals surface area (Å²) in [7, 11) is 0. The predicted molar refractivity (Wildman–Crippen MR) is 89.1 cm³/mol. The van der Waals surface area contributed by atoms with E-state index in [9.17, 15) is 9.50 Å². The number of piperidine rings is 1. The number of benzene rings is 1. The molecule has 1 N–H and O–H groups in total. The average molecular weight is 322 g/mol. The Labute approximate surface area is 137 Å². The van der Waals surface area contributed by atoms with E-state index < -0.39 is 0 Å². The van der Waals surface area contributed by atoms with E-state index in [1.54, 1.807) is 6.07 Å². The van der Waals surface area contributed by atoms with E-state index >= 15 is 0 Å². The van der Waals surface area contributed by atoms with Gasteiger partial charge < -0.3 is 14.7 Å². The maximum Gasteiger partial charge on any atom is 0.146 e. The van der Waals surface area contributed by atoms with Gasteiger partial charge in [-0.05, 0) is 43.4 Å². The normalized spacial score (nSPS) is 26.5. The van der Waals surface area contributed by atoms with Crippen LogP contribution in [0.25, 0.3) is 0 Å². The summed E-state index contributed by atoms with van der Waals surface area (Å²) in [5.74, 6) is 0.205. The first kappa shape index (κ1) is 16.7. The van der Waals surface area contributed by atoms with E-state index in [0.717, 1.165) is 44.6 Å². The van der Waals surface area contributed by atoms with Crippen molar-refractivity contribution in [2.24, 2.45) is 5.92 Å². The number of ether oxygens (including phenoxy) is 1. The molecule has 2 atom stereocenters. The number of aliphatic hydroxyl groups excluding tert-OH is 1. The highest BCUT2D eigenvalue weighted by atomic mass is 19.1. The summed E-state index contributed by atoms with van der Waals surface area (Å²) < 4.78 is 19.8. The summed E-state index contributed by atoms with van der Waals surface area (Å²) in [6, 6.07) is 6.08. The molecular formula is C18H27FN2O2. The molecule has 3 rings (SSSR count). The van der Waals surface area contributed by atoms with Gasteiger partial charge in [-0.25, -0.2) is 4.39 Å². The molecule has 0 spiro atoms. The number of morpholine rings is 1. The molecule has 4 nitrogen and oxygen atoms in total. The van der Waals surface area contributed by atoms with Crippen molar-refractivity contribution in [2.45, 2.75) is 32.4 Å². The van der Waals surface area contributed by atoms with Gasteiger partial charge in [0.1, 0.15) is 5.82 Å². The highest BCUT2D eigenvalue weighted by Crippen LogP contribution is 2.26. The zero-order valence-electron chi connectivity index (χ0n) is 13.9. The molecular weight excluding hydrogens is 295 g/mol. The number of likely N-dealkylation sites (tertiary alicyclic amines) is 1. The Morgan fingerprint density at radius 1 is 1.26 bits per heavy atom. The maximum absolute atomic E-state index is 14.5. The molecule has 2 heterocycles. The Kier molecular flexibility index (Phi) is 5.51. The second-order valence-electron chi connectivity index (χ2n) is 6.79. The molecule has 0 aromatic heterocycles. The molecule has 0 radical (unpaired) electrons. The smallest absolute Gasteiger partial charge is 0.146 e. The lowest BCUT2D eigenvalue weighted by Crippen LogP contribution is -2.42. The fraction of sp³-hybridized carbons (Fsp3) is 0.667. The topological polar surface area (TPSA) is 35.9 Å². The van der Waals surface area contributed by atoms with E-state index in [4.69, 9.17) is 4.74 Å². The van der Waals surface area contributed by atoms with Crippen molar-refractivity contribution in [1.82, 2.24) is 4.90 Å². The number of halogens is 1. The van der Waals surface area contributed by atoms with Crippen LogP contribution in [-0.4, -0.2) is 55.5 Å². The second-order valence-corrected chi connectivity index (χ2v) is 6.79. The maximum atomic E-state index is 14.5. The van der Waals surface area contributed by atoms with E-state index in [2.05, 4.69) is 11.8 Å². The summed E-state index contributed by atoms with van der Waals surface area (Å²) in [6.07, 6.45) is 2.18. The lowest BCUT2D eigenvalue weighted by molar-refractivity contribution is 0.0771. The number of anilines is 1. The number of aliphatic hydroxyl groups is 1. The SMILES string of the molecule is CC1CCC(CO)CN1Cc1ccc(N2CCOCC2)c(F)c1. The Hall–Kier alpha value is -1.17. The molecule has 1 aromatic rings. The molecule has 2 aliphatic heterocycles. The predicted octanol–water partition coefficient (Wildman–Crippen LogP) is 2.26. The van der Waals surface area contributed by atoms with Crippen LogP contribution in [0.1, 0.15) is 25.3 Å². The van der Waals surface area contributed by atoms with Crippen LogP contribution in [0.2, 0.25) is 0 Å². The molecule has 0 bridgehead atoms. The van der Waals surface area contributed by atoms with Crippen LogP contribution in [0.5, 0.6) is 0 Å². The van der Waals surface area contributed by atoms with Gasteiger partial charge in [0, 0.05) is 38.8 Å². The van der Waals surface area contributed by atoms with Gasteiger partial charge in [0.25, 0.3) is 0 Å². The van der Waals surface area contributed by atoms with E-state index in [1.807, 2.05) is 17.0 Å². The fourth-order valence-corrected chi connectivity index (χ4v) is 3.58. The van der Waals surface area contributed by atoms with Crippen LogP contribution in [0.4, 0.5) is 10.1 Å². The second kappa shape index (κ2) is 7.60. The summed E-state index contributed by atoms with van der Waals surface area (Å²) in [5, 5.41) is 9.38. The van der Waals surface area contributed by atoms with Crippen molar-refractivity contribution in [3.05, 3.63) is 29.6 Å². The van der Waals surface area contributed by atoms with Crippen molar-refractivity contribution >= 4 is 5.69 Å². The molecule has 5 heteroatoms. The van der Waals surface area contributed by atoms with Gasteiger partial charge in [-0.1, -0.05) is 6.07 Å². The molecule has 2 aliphatic rings. The van der Waals surface area contributed by atoms with Crippen LogP contribution in [-0.2, 0) is 11.3 Å². The van der Waals surface area contributed by atoms with Crippen molar-refractivity contribution in [3.63, 3.8) is 0 Å². The molecule has 2 saturated heterocycles. The third-order valence-corrected chi connectivity index (χ3v) is 5.12. The van der Waals surface area contributed by atoms with Crippen molar-refractivity contribution in [3.8, 4) is 0 Å². The third kappa shape index (κ3) is 4.03. The van der Waals surface area contributed by atoms with E-state index in [-0.39, 0.29) is 12.4 Å². The van der Waals surface area contributed by atoms with Crippen LogP contribution in [0.3, 0.4) is 0 Å². The minimum atomic E-state index is -0.146. The zero-order chi connectivity index (χ0) is 16.2. The standard InChI is InChI=1S/C18H27FN2O2/c1-14-2-3-16(13-22)12-21(14)11-15-4-5-18(17(19)10-15)20-6-8-23-9-7-20/h4-5,10,14,16,22H,2-3,6-9,11-13H2,1H3. The van der Waals surface area contributed by atoms with E-state index in [0.29, 0.717) is 30.9 Å². The molecule has 0 amide bonds. The minimum Gasteiger partial charge on any atom is -0.396 e. The lowest BCUT2D eigenvalue weighted by Gasteiger charge is -2.37. The van der Waals surface area contributed by atoms with Gasteiger partial charge in [-0.15, -0.1) is 0 Å². The van der Waals surface area contributed by atoms with Gasteiger partial charge >= 0.3 is 0 Å². The minimum absolute atomic E-state index is 0.146. The Morgan fingerprint density at radius 3 is 2.74 bits per heavy atom. The van der Waals surface area contributed by atoms with Gasteiger partial charge in [-0.2, -0.15) is 0 Å². The van der Waals surface area contributed by atoms with Crippen molar-refractivity contribution < 1.29 is 14.2 Å². The summed E-state index contributed by atoms with van der Waals surface area (Å²) in [6.45, 7) is 6.92. The van der Waals surface area contributed by atoms with Crippen LogP contribution in [0, 0.1) is 11.7 Å². The number of rotatable bonds is 4. The number of hydrogen-bond acceptors (Lipinski definition) is 4. The van der Waals surface area contributed by atoms with Crippen LogP contribution < -0.4 is 4.90 Å². The van der Waals surface area contributed by atoms with E-state index in [1.165, 1.54) is 0 Å².